The topological polar surface area (TPSA) is 59.6 Å². The van der Waals surface area contributed by atoms with Gasteiger partial charge in [-0.25, -0.2) is 0 Å². The Bertz CT molecular complexity index is 504. The predicted octanol–water partition coefficient (Wildman–Crippen LogP) is 1.74. The van der Waals surface area contributed by atoms with Gasteiger partial charge in [-0.05, 0) is 31.5 Å². The molecule has 0 aromatic heterocycles. The standard InChI is InChI=1S/C16H22N2O3/c1-20-13-4-3-5-14(21-2)15(13)16(19)18-11-8-12-6-9-17-10-7-12/h3-6,17H,7-11H2,1-2H3,(H,18,19). The van der Waals surface area contributed by atoms with Crippen molar-refractivity contribution in [3.05, 3.63) is 35.4 Å². The molecule has 1 aliphatic heterocycles. The van der Waals surface area contributed by atoms with Crippen LogP contribution in [-0.2, 0) is 0 Å². The number of nitrogens with one attached hydrogen (secondary N) is 2. The molecule has 2 rings (SSSR count). The highest BCUT2D eigenvalue weighted by molar-refractivity contribution is 5.99. The fourth-order valence-electron chi connectivity index (χ4n) is 2.40. The molecule has 5 nitrogen and oxygen atoms in total. The largest absolute Gasteiger partial charge is 0.496 e. The van der Waals surface area contributed by atoms with E-state index in [2.05, 4.69) is 16.7 Å². The van der Waals surface area contributed by atoms with Gasteiger partial charge in [0.05, 0.1) is 14.2 Å². The molecule has 2 N–H and O–H groups in total. The highest BCUT2D eigenvalue weighted by atomic mass is 16.5. The van der Waals surface area contributed by atoms with Gasteiger partial charge in [0, 0.05) is 13.1 Å². The Morgan fingerprint density at radius 1 is 1.29 bits per heavy atom. The number of benzene rings is 1. The first-order valence-corrected chi connectivity index (χ1v) is 7.14. The minimum absolute atomic E-state index is 0.168. The summed E-state index contributed by atoms with van der Waals surface area (Å²) in [6.07, 6.45) is 4.12. The van der Waals surface area contributed by atoms with Crippen LogP contribution in [0.1, 0.15) is 23.2 Å². The fraction of sp³-hybridized carbons (Fsp3) is 0.438. The second-order valence-corrected chi connectivity index (χ2v) is 4.86. The smallest absolute Gasteiger partial charge is 0.258 e. The van der Waals surface area contributed by atoms with Gasteiger partial charge < -0.3 is 20.1 Å². The van der Waals surface area contributed by atoms with Gasteiger partial charge in [0.2, 0.25) is 0 Å². The van der Waals surface area contributed by atoms with Gasteiger partial charge >= 0.3 is 0 Å². The van der Waals surface area contributed by atoms with Crippen molar-refractivity contribution in [1.82, 2.24) is 10.6 Å². The number of methoxy groups -OCH3 is 2. The van der Waals surface area contributed by atoms with Crippen LogP contribution in [0.15, 0.2) is 29.8 Å². The van der Waals surface area contributed by atoms with E-state index in [4.69, 9.17) is 9.47 Å². The summed E-state index contributed by atoms with van der Waals surface area (Å²) < 4.78 is 10.5. The van der Waals surface area contributed by atoms with Crippen molar-refractivity contribution in [2.75, 3.05) is 33.9 Å². The van der Waals surface area contributed by atoms with Crippen LogP contribution in [-0.4, -0.2) is 39.8 Å². The van der Waals surface area contributed by atoms with Crippen LogP contribution in [0.5, 0.6) is 11.5 Å². The number of carbonyl (C=O) groups is 1. The van der Waals surface area contributed by atoms with Gasteiger partial charge in [0.1, 0.15) is 17.1 Å². The molecular formula is C16H22N2O3. The summed E-state index contributed by atoms with van der Waals surface area (Å²) in [5, 5.41) is 6.21. The Hall–Kier alpha value is -2.01. The molecule has 0 bridgehead atoms. The minimum atomic E-state index is -0.168. The third kappa shape index (κ3) is 3.98. The number of hydrogen-bond acceptors (Lipinski definition) is 4. The molecule has 0 radical (unpaired) electrons. The van der Waals surface area contributed by atoms with Crippen LogP contribution >= 0.6 is 0 Å². The third-order valence-corrected chi connectivity index (χ3v) is 3.54. The van der Waals surface area contributed by atoms with E-state index < -0.39 is 0 Å². The lowest BCUT2D eigenvalue weighted by molar-refractivity contribution is 0.0948. The molecule has 0 atom stereocenters. The molecule has 0 spiro atoms. The van der Waals surface area contributed by atoms with Gasteiger partial charge in [-0.1, -0.05) is 17.7 Å². The van der Waals surface area contributed by atoms with E-state index in [0.29, 0.717) is 23.6 Å². The Balaban J connectivity index is 1.98. The van der Waals surface area contributed by atoms with Gasteiger partial charge in [0.15, 0.2) is 0 Å². The first-order chi connectivity index (χ1) is 10.3. The summed E-state index contributed by atoms with van der Waals surface area (Å²) in [7, 11) is 3.09. The van der Waals surface area contributed by atoms with E-state index in [-0.39, 0.29) is 5.91 Å². The van der Waals surface area contributed by atoms with E-state index in [0.717, 1.165) is 25.9 Å². The summed E-state index contributed by atoms with van der Waals surface area (Å²) in [4.78, 5) is 12.3. The Kier molecular flexibility index (Phi) is 5.63. The van der Waals surface area contributed by atoms with Crippen LogP contribution in [0.25, 0.3) is 0 Å². The second-order valence-electron chi connectivity index (χ2n) is 4.86. The van der Waals surface area contributed by atoms with Crippen molar-refractivity contribution >= 4 is 5.91 Å². The number of rotatable bonds is 6. The molecule has 21 heavy (non-hydrogen) atoms. The third-order valence-electron chi connectivity index (χ3n) is 3.54. The van der Waals surface area contributed by atoms with Gasteiger partial charge in [-0.3, -0.25) is 4.79 Å². The summed E-state index contributed by atoms with van der Waals surface area (Å²) >= 11 is 0. The summed E-state index contributed by atoms with van der Waals surface area (Å²) in [6.45, 7) is 2.55. The maximum absolute atomic E-state index is 12.3. The maximum Gasteiger partial charge on any atom is 0.258 e. The van der Waals surface area contributed by atoms with Crippen LogP contribution in [0.4, 0.5) is 0 Å². The van der Waals surface area contributed by atoms with E-state index in [1.54, 1.807) is 32.4 Å². The quantitative estimate of drug-likeness (QED) is 0.784. The highest BCUT2D eigenvalue weighted by Crippen LogP contribution is 2.27. The molecule has 1 amide bonds. The molecule has 0 saturated heterocycles. The summed E-state index contributed by atoms with van der Waals surface area (Å²) in [6, 6.07) is 5.31. The van der Waals surface area contributed by atoms with Crippen molar-refractivity contribution < 1.29 is 14.3 Å². The maximum atomic E-state index is 12.3. The Morgan fingerprint density at radius 3 is 2.57 bits per heavy atom. The van der Waals surface area contributed by atoms with Crippen LogP contribution < -0.4 is 20.1 Å². The average Bonchev–Trinajstić information content (AvgIpc) is 2.54. The normalized spacial score (nSPS) is 14.3. The van der Waals surface area contributed by atoms with Crippen molar-refractivity contribution in [3.8, 4) is 11.5 Å². The molecule has 1 aliphatic rings. The molecule has 114 valence electrons. The molecule has 0 unspecified atom stereocenters. The summed E-state index contributed by atoms with van der Waals surface area (Å²) in [5.74, 6) is 0.875. The number of hydrogen-bond donors (Lipinski definition) is 2. The van der Waals surface area contributed by atoms with Crippen LogP contribution in [0, 0.1) is 0 Å². The Morgan fingerprint density at radius 2 is 2.00 bits per heavy atom. The zero-order valence-electron chi connectivity index (χ0n) is 12.6. The molecule has 0 fully saturated rings. The SMILES string of the molecule is COc1cccc(OC)c1C(=O)NCCC1=CCNCC1. The zero-order chi connectivity index (χ0) is 15.1. The van der Waals surface area contributed by atoms with Crippen molar-refractivity contribution in [1.29, 1.82) is 0 Å². The van der Waals surface area contributed by atoms with Crippen molar-refractivity contribution in [2.24, 2.45) is 0 Å². The predicted molar refractivity (Wildman–Crippen MR) is 82.1 cm³/mol. The summed E-state index contributed by atoms with van der Waals surface area (Å²) in [5.41, 5.74) is 1.84. The number of ether oxygens (including phenoxy) is 2. The first kappa shape index (κ1) is 15.4. The first-order valence-electron chi connectivity index (χ1n) is 7.14. The second kappa shape index (κ2) is 7.69. The average molecular weight is 290 g/mol. The van der Waals surface area contributed by atoms with Gasteiger partial charge in [0.25, 0.3) is 5.91 Å². The number of carbonyl (C=O) groups excluding carboxylic acids is 1. The zero-order valence-corrected chi connectivity index (χ0v) is 12.6. The van der Waals surface area contributed by atoms with Gasteiger partial charge in [-0.2, -0.15) is 0 Å². The molecule has 0 saturated carbocycles. The molecular weight excluding hydrogens is 268 g/mol. The molecule has 1 aromatic carbocycles. The lowest BCUT2D eigenvalue weighted by Crippen LogP contribution is -2.27. The monoisotopic (exact) mass is 290 g/mol. The fourth-order valence-corrected chi connectivity index (χ4v) is 2.40. The highest BCUT2D eigenvalue weighted by Gasteiger charge is 2.17. The molecule has 0 aliphatic carbocycles. The molecule has 1 heterocycles. The van der Waals surface area contributed by atoms with E-state index >= 15 is 0 Å². The van der Waals surface area contributed by atoms with Crippen LogP contribution in [0.3, 0.4) is 0 Å². The lowest BCUT2D eigenvalue weighted by Gasteiger charge is -2.15. The molecule has 5 heteroatoms. The van der Waals surface area contributed by atoms with Crippen molar-refractivity contribution in [3.63, 3.8) is 0 Å². The van der Waals surface area contributed by atoms with Crippen molar-refractivity contribution in [2.45, 2.75) is 12.8 Å². The van der Waals surface area contributed by atoms with E-state index in [1.165, 1.54) is 5.57 Å². The lowest BCUT2D eigenvalue weighted by atomic mass is 10.1. The van der Waals surface area contributed by atoms with Crippen LogP contribution in [0.2, 0.25) is 0 Å². The minimum Gasteiger partial charge on any atom is -0.496 e. The molecule has 1 aromatic rings. The number of amides is 1. The Labute approximate surface area is 125 Å². The van der Waals surface area contributed by atoms with E-state index in [1.807, 2.05) is 0 Å². The van der Waals surface area contributed by atoms with Gasteiger partial charge in [-0.15, -0.1) is 0 Å². The van der Waals surface area contributed by atoms with E-state index in [9.17, 15) is 4.79 Å².